The van der Waals surface area contributed by atoms with Crippen molar-refractivity contribution in [1.29, 1.82) is 0 Å². The largest absolute Gasteiger partial charge is 0.481 e. The van der Waals surface area contributed by atoms with Crippen LogP contribution in [0.25, 0.3) is 0 Å². The van der Waals surface area contributed by atoms with Crippen molar-refractivity contribution >= 4 is 80.8 Å². The summed E-state index contributed by atoms with van der Waals surface area (Å²) in [6.07, 6.45) is -0.203. The van der Waals surface area contributed by atoms with Gasteiger partial charge in [-0.05, 0) is 5.57 Å². The molecule has 2 aromatic heterocycles. The maximum atomic E-state index is 12.8. The van der Waals surface area contributed by atoms with E-state index in [1.165, 1.54) is 40.2 Å². The number of anilines is 1. The molecule has 2 aromatic rings. The quantitative estimate of drug-likeness (QED) is 0.0941. The molecule has 1 fully saturated rings. The van der Waals surface area contributed by atoms with Crippen molar-refractivity contribution in [1.82, 2.24) is 20.2 Å². The third-order valence-electron chi connectivity index (χ3n) is 4.85. The first-order chi connectivity index (χ1) is 16.7. The Balaban J connectivity index is 1.45. The summed E-state index contributed by atoms with van der Waals surface area (Å²) < 4.78 is 0.587. The number of carbonyl (C=O) groups is 4. The Labute approximate surface area is 213 Å². The molecule has 0 radical (unpaired) electrons. The number of fused-ring (bicyclic) bond motifs is 1. The Bertz CT molecular complexity index is 1270. The Hall–Kier alpha value is -3.15. The molecule has 13 nitrogen and oxygen atoms in total. The number of β-lactam (4-membered cyclic amide) rings is 1. The van der Waals surface area contributed by atoms with Crippen molar-refractivity contribution < 1.29 is 34.6 Å². The first-order valence-electron chi connectivity index (χ1n) is 9.62. The molecular weight excluding hydrogens is 541 g/mol. The summed E-state index contributed by atoms with van der Waals surface area (Å²) in [6, 6.07) is -1.01. The van der Waals surface area contributed by atoms with Crippen molar-refractivity contribution in [3.63, 3.8) is 0 Å². The highest BCUT2D eigenvalue weighted by Crippen LogP contribution is 2.41. The van der Waals surface area contributed by atoms with E-state index in [4.69, 9.17) is 10.8 Å². The molecule has 0 bridgehead atoms. The summed E-state index contributed by atoms with van der Waals surface area (Å²) >= 11 is 4.85. The molecule has 2 aliphatic heterocycles. The van der Waals surface area contributed by atoms with Crippen molar-refractivity contribution in [2.75, 3.05) is 17.2 Å². The minimum atomic E-state index is -1.27. The molecule has 35 heavy (non-hydrogen) atoms. The highest BCUT2D eigenvalue weighted by atomic mass is 32.2. The molecule has 0 spiro atoms. The Kier molecular flexibility index (Phi) is 7.29. The first kappa shape index (κ1) is 25.0. The summed E-state index contributed by atoms with van der Waals surface area (Å²) in [5.74, 6) is -3.18. The standard InChI is InChI=1S/C18H16N6O7S4/c19-17-21-8(5-33-17)10(23-31)13(27)22-11-14(28)24-12(16(29)30)6(2-32-15(11)24)3-34-18-20-7(4-35-18)1-9(25)26/h4-5,11,15,31H,1-3H2,(H2,19,21)(H,22,27)(H,25,26)(H,29,30)/t11?,15-/m1/s1. The van der Waals surface area contributed by atoms with Gasteiger partial charge in [-0.1, -0.05) is 16.9 Å². The van der Waals surface area contributed by atoms with E-state index in [-0.39, 0.29) is 28.7 Å². The van der Waals surface area contributed by atoms with Crippen LogP contribution in [0.4, 0.5) is 5.13 Å². The Morgan fingerprint density at radius 3 is 2.66 bits per heavy atom. The zero-order valence-electron chi connectivity index (χ0n) is 17.4. The van der Waals surface area contributed by atoms with E-state index in [0.29, 0.717) is 21.4 Å². The molecule has 1 saturated heterocycles. The zero-order valence-corrected chi connectivity index (χ0v) is 20.7. The topological polar surface area (TPSA) is 208 Å². The normalized spacial score (nSPS) is 19.8. The predicted octanol–water partition coefficient (Wildman–Crippen LogP) is 0.518. The van der Waals surface area contributed by atoms with E-state index >= 15 is 0 Å². The van der Waals surface area contributed by atoms with Crippen LogP contribution < -0.4 is 11.1 Å². The minimum Gasteiger partial charge on any atom is -0.481 e. The van der Waals surface area contributed by atoms with Gasteiger partial charge in [-0.15, -0.1) is 34.4 Å². The predicted molar refractivity (Wildman–Crippen MR) is 129 cm³/mol. The second-order valence-corrected chi connectivity index (χ2v) is 11.2. The van der Waals surface area contributed by atoms with Crippen LogP contribution in [0.1, 0.15) is 11.4 Å². The van der Waals surface area contributed by atoms with Crippen molar-refractivity contribution in [2.45, 2.75) is 22.2 Å². The molecule has 0 saturated carbocycles. The molecule has 2 atom stereocenters. The van der Waals surface area contributed by atoms with Crippen LogP contribution in [0.15, 0.2) is 31.5 Å². The van der Waals surface area contributed by atoms with Gasteiger partial charge < -0.3 is 26.5 Å². The van der Waals surface area contributed by atoms with Gasteiger partial charge in [-0.2, -0.15) is 0 Å². The number of aliphatic carboxylic acids is 2. The first-order valence-corrected chi connectivity index (χ1v) is 13.4. The average Bonchev–Trinajstić information content (AvgIpc) is 3.43. The molecule has 17 heteroatoms. The molecule has 0 aliphatic carbocycles. The summed E-state index contributed by atoms with van der Waals surface area (Å²) in [6.45, 7) is 0. The number of aromatic nitrogens is 2. The van der Waals surface area contributed by atoms with Crippen LogP contribution in [0.2, 0.25) is 0 Å². The smallest absolute Gasteiger partial charge is 0.352 e. The minimum absolute atomic E-state index is 0.0477. The SMILES string of the molecule is Nc1nc(C(=NO)C(=O)NC2C(=O)N3C(C(=O)O)=C(CSc4nc(CC(=O)O)cs4)CS[C@H]23)cs1. The number of nitrogens with two attached hydrogens (primary N) is 1. The molecule has 4 heterocycles. The van der Waals surface area contributed by atoms with E-state index in [1.807, 2.05) is 0 Å². The summed E-state index contributed by atoms with van der Waals surface area (Å²) in [7, 11) is 0. The monoisotopic (exact) mass is 556 g/mol. The number of rotatable bonds is 9. The van der Waals surface area contributed by atoms with E-state index in [2.05, 4.69) is 20.4 Å². The van der Waals surface area contributed by atoms with Gasteiger partial charge in [0.15, 0.2) is 10.8 Å². The number of thiazole rings is 2. The fourth-order valence-electron chi connectivity index (χ4n) is 3.35. The maximum Gasteiger partial charge on any atom is 0.352 e. The Morgan fingerprint density at radius 1 is 1.26 bits per heavy atom. The third-order valence-corrected chi connectivity index (χ3v) is 9.02. The second kappa shape index (κ2) is 10.2. The van der Waals surface area contributed by atoms with Crippen molar-refractivity contribution in [3.05, 3.63) is 33.4 Å². The van der Waals surface area contributed by atoms with Crippen molar-refractivity contribution in [2.24, 2.45) is 5.16 Å². The second-order valence-electron chi connectivity index (χ2n) is 7.10. The number of hydrogen-bond acceptors (Lipinski definition) is 13. The molecule has 184 valence electrons. The number of amides is 2. The van der Waals surface area contributed by atoms with Crippen LogP contribution >= 0.6 is 46.2 Å². The van der Waals surface area contributed by atoms with Crippen LogP contribution in [0.3, 0.4) is 0 Å². The fourth-order valence-corrected chi connectivity index (χ4v) is 7.23. The van der Waals surface area contributed by atoms with Gasteiger partial charge >= 0.3 is 11.9 Å². The number of carboxylic acids is 2. The fraction of sp³-hybridized carbons (Fsp3) is 0.278. The van der Waals surface area contributed by atoms with Gasteiger partial charge in [0.2, 0.25) is 0 Å². The average molecular weight is 557 g/mol. The summed E-state index contributed by atoms with van der Waals surface area (Å²) in [4.78, 5) is 57.4. The van der Waals surface area contributed by atoms with Crippen molar-refractivity contribution in [3.8, 4) is 0 Å². The third kappa shape index (κ3) is 5.12. The number of carbonyl (C=O) groups excluding carboxylic acids is 2. The summed E-state index contributed by atoms with van der Waals surface area (Å²) in [5.41, 5.74) is 5.95. The van der Waals surface area contributed by atoms with Gasteiger partial charge in [-0.3, -0.25) is 19.3 Å². The number of nitrogen functional groups attached to an aromatic ring is 1. The van der Waals surface area contributed by atoms with Gasteiger partial charge in [0.05, 0.1) is 12.1 Å². The molecule has 1 unspecified atom stereocenters. The van der Waals surface area contributed by atoms with Gasteiger partial charge in [0, 0.05) is 22.3 Å². The lowest BCUT2D eigenvalue weighted by Gasteiger charge is -2.49. The van der Waals surface area contributed by atoms with Crippen LogP contribution in [-0.4, -0.2) is 82.7 Å². The lowest BCUT2D eigenvalue weighted by Crippen LogP contribution is -2.71. The van der Waals surface area contributed by atoms with E-state index in [1.54, 1.807) is 5.38 Å². The van der Waals surface area contributed by atoms with E-state index in [0.717, 1.165) is 16.2 Å². The zero-order chi connectivity index (χ0) is 25.3. The highest BCUT2D eigenvalue weighted by molar-refractivity contribution is 8.01. The van der Waals surface area contributed by atoms with Gasteiger partial charge in [0.1, 0.15) is 27.1 Å². The number of thioether (sulfide) groups is 2. The Morgan fingerprint density at radius 2 is 2.03 bits per heavy atom. The highest BCUT2D eigenvalue weighted by Gasteiger charge is 2.54. The molecular formula is C18H16N6O7S4. The van der Waals surface area contributed by atoms with E-state index < -0.39 is 40.9 Å². The van der Waals surface area contributed by atoms with Gasteiger partial charge in [0.25, 0.3) is 11.8 Å². The lowest BCUT2D eigenvalue weighted by atomic mass is 10.0. The number of oxime groups is 1. The molecule has 2 amide bonds. The number of nitrogens with zero attached hydrogens (tertiary/aromatic N) is 4. The van der Waals surface area contributed by atoms with Crippen LogP contribution in [0, 0.1) is 0 Å². The molecule has 0 aromatic carbocycles. The number of nitrogens with one attached hydrogen (secondary N) is 1. The number of carboxylic acid groups (broad SMARTS) is 2. The number of hydrogen-bond donors (Lipinski definition) is 5. The van der Waals surface area contributed by atoms with Gasteiger partial charge in [-0.25, -0.2) is 14.8 Å². The lowest BCUT2D eigenvalue weighted by molar-refractivity contribution is -0.150. The molecule has 2 aliphatic rings. The molecule has 6 N–H and O–H groups in total. The molecule has 4 rings (SSSR count). The van der Waals surface area contributed by atoms with Crippen LogP contribution in [-0.2, 0) is 25.6 Å². The summed E-state index contributed by atoms with van der Waals surface area (Å²) in [5, 5.41) is 35.9. The van der Waals surface area contributed by atoms with E-state index in [9.17, 15) is 29.5 Å². The van der Waals surface area contributed by atoms with Crippen LogP contribution in [0.5, 0.6) is 0 Å². The maximum absolute atomic E-state index is 12.8.